The third kappa shape index (κ3) is 4.07. The molecule has 0 aliphatic carbocycles. The Kier molecular flexibility index (Phi) is 5.48. The summed E-state index contributed by atoms with van der Waals surface area (Å²) < 4.78 is 5.07. The molecule has 0 aliphatic heterocycles. The zero-order valence-electron chi connectivity index (χ0n) is 10.7. The first-order valence-corrected chi connectivity index (χ1v) is 5.85. The minimum atomic E-state index is 0.514. The van der Waals surface area contributed by atoms with Crippen molar-refractivity contribution in [2.24, 2.45) is 10.8 Å². The standard InChI is InChI=1S/C11H21N5O/c1-4-5-6-13-11(15-12)14-7-10-8(2)16-17-9(10)3/h4-7,12H2,1-3H3,(H2,13,14,15). The lowest BCUT2D eigenvalue weighted by atomic mass is 10.2. The largest absolute Gasteiger partial charge is 0.361 e. The molecule has 0 saturated carbocycles. The first-order valence-electron chi connectivity index (χ1n) is 5.85. The Morgan fingerprint density at radius 2 is 2.24 bits per heavy atom. The molecule has 1 aromatic heterocycles. The van der Waals surface area contributed by atoms with Crippen LogP contribution in [0.1, 0.15) is 36.8 Å². The van der Waals surface area contributed by atoms with Gasteiger partial charge in [-0.2, -0.15) is 0 Å². The van der Waals surface area contributed by atoms with E-state index in [-0.39, 0.29) is 0 Å². The first-order chi connectivity index (χ1) is 8.19. The maximum atomic E-state index is 5.39. The zero-order valence-corrected chi connectivity index (χ0v) is 10.7. The number of aromatic nitrogens is 1. The Morgan fingerprint density at radius 3 is 2.76 bits per heavy atom. The number of aryl methyl sites for hydroxylation is 2. The number of nitrogens with zero attached hydrogens (tertiary/aromatic N) is 2. The van der Waals surface area contributed by atoms with Crippen molar-refractivity contribution in [1.82, 2.24) is 15.9 Å². The van der Waals surface area contributed by atoms with E-state index in [0.29, 0.717) is 12.5 Å². The highest BCUT2D eigenvalue weighted by molar-refractivity contribution is 5.79. The maximum Gasteiger partial charge on any atom is 0.206 e. The zero-order chi connectivity index (χ0) is 12.7. The Hall–Kier alpha value is -1.56. The van der Waals surface area contributed by atoms with Gasteiger partial charge in [0.2, 0.25) is 5.96 Å². The fourth-order valence-corrected chi connectivity index (χ4v) is 1.42. The molecule has 0 amide bonds. The summed E-state index contributed by atoms with van der Waals surface area (Å²) >= 11 is 0. The van der Waals surface area contributed by atoms with Gasteiger partial charge in [0.1, 0.15) is 5.76 Å². The molecule has 0 fully saturated rings. The number of rotatable bonds is 5. The van der Waals surface area contributed by atoms with Crippen molar-refractivity contribution in [2.45, 2.75) is 40.2 Å². The Balaban J connectivity index is 2.55. The SMILES string of the molecule is CCCCNC(=NCc1c(C)noc1C)NN. The van der Waals surface area contributed by atoms with E-state index in [2.05, 4.69) is 27.8 Å². The first kappa shape index (κ1) is 13.5. The van der Waals surface area contributed by atoms with Crippen molar-refractivity contribution >= 4 is 5.96 Å². The number of hydrazine groups is 1. The topological polar surface area (TPSA) is 88.5 Å². The van der Waals surface area contributed by atoms with Gasteiger partial charge in [-0.05, 0) is 20.3 Å². The van der Waals surface area contributed by atoms with E-state index in [1.165, 1.54) is 0 Å². The number of nitrogens with one attached hydrogen (secondary N) is 2. The summed E-state index contributed by atoms with van der Waals surface area (Å²) in [6, 6.07) is 0. The number of hydrogen-bond acceptors (Lipinski definition) is 4. The van der Waals surface area contributed by atoms with E-state index >= 15 is 0 Å². The molecule has 1 heterocycles. The monoisotopic (exact) mass is 239 g/mol. The van der Waals surface area contributed by atoms with Crippen LogP contribution in [0, 0.1) is 13.8 Å². The van der Waals surface area contributed by atoms with Crippen molar-refractivity contribution in [3.63, 3.8) is 0 Å². The summed E-state index contributed by atoms with van der Waals surface area (Å²) in [5.41, 5.74) is 4.43. The Labute approximate surface area is 102 Å². The normalized spacial score (nSPS) is 11.6. The van der Waals surface area contributed by atoms with Gasteiger partial charge >= 0.3 is 0 Å². The highest BCUT2D eigenvalue weighted by atomic mass is 16.5. The molecule has 0 aliphatic rings. The highest BCUT2D eigenvalue weighted by Crippen LogP contribution is 2.12. The number of aliphatic imine (C=N–C) groups is 1. The van der Waals surface area contributed by atoms with Crippen LogP contribution in [0.5, 0.6) is 0 Å². The molecule has 0 bridgehead atoms. The van der Waals surface area contributed by atoms with Crippen LogP contribution in [0.4, 0.5) is 0 Å². The summed E-state index contributed by atoms with van der Waals surface area (Å²) in [4.78, 5) is 4.35. The molecule has 1 rings (SSSR count). The second kappa shape index (κ2) is 6.90. The fraction of sp³-hybridized carbons (Fsp3) is 0.636. The highest BCUT2D eigenvalue weighted by Gasteiger charge is 2.08. The van der Waals surface area contributed by atoms with Crippen molar-refractivity contribution in [2.75, 3.05) is 6.54 Å². The molecule has 0 aromatic carbocycles. The molecule has 0 radical (unpaired) electrons. The molecule has 6 heteroatoms. The van der Waals surface area contributed by atoms with E-state index in [9.17, 15) is 0 Å². The molecule has 0 atom stereocenters. The lowest BCUT2D eigenvalue weighted by Crippen LogP contribution is -2.42. The van der Waals surface area contributed by atoms with Gasteiger partial charge < -0.3 is 9.84 Å². The van der Waals surface area contributed by atoms with Gasteiger partial charge in [0.25, 0.3) is 0 Å². The predicted octanol–water partition coefficient (Wildman–Crippen LogP) is 1.00. The van der Waals surface area contributed by atoms with Crippen LogP contribution in [-0.2, 0) is 6.54 Å². The van der Waals surface area contributed by atoms with Gasteiger partial charge in [-0.25, -0.2) is 10.8 Å². The third-order valence-electron chi connectivity index (χ3n) is 2.54. The number of nitrogens with two attached hydrogens (primary N) is 1. The van der Waals surface area contributed by atoms with Gasteiger partial charge in [-0.15, -0.1) is 0 Å². The molecule has 4 N–H and O–H groups in total. The van der Waals surface area contributed by atoms with Crippen LogP contribution in [-0.4, -0.2) is 17.7 Å². The van der Waals surface area contributed by atoms with Crippen LogP contribution in [0.15, 0.2) is 9.52 Å². The lowest BCUT2D eigenvalue weighted by Gasteiger charge is -2.08. The molecular formula is C11H21N5O. The number of guanidine groups is 1. The smallest absolute Gasteiger partial charge is 0.206 e. The van der Waals surface area contributed by atoms with Gasteiger partial charge in [0.15, 0.2) is 0 Å². The molecule has 0 unspecified atom stereocenters. The predicted molar refractivity (Wildman–Crippen MR) is 67.3 cm³/mol. The quantitative estimate of drug-likeness (QED) is 0.234. The van der Waals surface area contributed by atoms with Crippen molar-refractivity contribution in [3.8, 4) is 0 Å². The van der Waals surface area contributed by atoms with Gasteiger partial charge in [0.05, 0.1) is 12.2 Å². The minimum absolute atomic E-state index is 0.514. The van der Waals surface area contributed by atoms with Crippen LogP contribution in [0.2, 0.25) is 0 Å². The molecule has 17 heavy (non-hydrogen) atoms. The molecule has 6 nitrogen and oxygen atoms in total. The lowest BCUT2D eigenvalue weighted by molar-refractivity contribution is 0.392. The minimum Gasteiger partial charge on any atom is -0.361 e. The van der Waals surface area contributed by atoms with E-state index in [0.717, 1.165) is 36.4 Å². The van der Waals surface area contributed by atoms with Gasteiger partial charge in [0, 0.05) is 12.1 Å². The summed E-state index contributed by atoms with van der Waals surface area (Å²) in [6.07, 6.45) is 2.22. The van der Waals surface area contributed by atoms with Crippen LogP contribution in [0.3, 0.4) is 0 Å². The molecular weight excluding hydrogens is 218 g/mol. The number of unbranched alkanes of at least 4 members (excludes halogenated alkanes) is 1. The van der Waals surface area contributed by atoms with E-state index in [1.807, 2.05) is 13.8 Å². The molecule has 0 spiro atoms. The van der Waals surface area contributed by atoms with Crippen molar-refractivity contribution < 1.29 is 4.52 Å². The summed E-state index contributed by atoms with van der Waals surface area (Å²) in [6.45, 7) is 7.30. The average molecular weight is 239 g/mol. The van der Waals surface area contributed by atoms with Crippen LogP contribution < -0.4 is 16.6 Å². The Bertz CT molecular complexity index is 352. The maximum absolute atomic E-state index is 5.39. The van der Waals surface area contributed by atoms with Crippen molar-refractivity contribution in [1.29, 1.82) is 0 Å². The molecule has 96 valence electrons. The summed E-state index contributed by atoms with van der Waals surface area (Å²) in [5, 5.41) is 7.01. The van der Waals surface area contributed by atoms with E-state index < -0.39 is 0 Å². The second-order valence-corrected chi connectivity index (χ2v) is 3.89. The average Bonchev–Trinajstić information content (AvgIpc) is 2.64. The molecule has 1 aromatic rings. The fourth-order valence-electron chi connectivity index (χ4n) is 1.42. The Morgan fingerprint density at radius 1 is 1.47 bits per heavy atom. The van der Waals surface area contributed by atoms with E-state index in [4.69, 9.17) is 10.4 Å². The van der Waals surface area contributed by atoms with Crippen molar-refractivity contribution in [3.05, 3.63) is 17.0 Å². The van der Waals surface area contributed by atoms with Crippen LogP contribution >= 0.6 is 0 Å². The van der Waals surface area contributed by atoms with E-state index in [1.54, 1.807) is 0 Å². The molecule has 0 saturated heterocycles. The van der Waals surface area contributed by atoms with Gasteiger partial charge in [-0.1, -0.05) is 18.5 Å². The number of hydrogen-bond donors (Lipinski definition) is 3. The van der Waals surface area contributed by atoms with Gasteiger partial charge in [-0.3, -0.25) is 5.43 Å². The summed E-state index contributed by atoms with van der Waals surface area (Å²) in [7, 11) is 0. The van der Waals surface area contributed by atoms with Crippen LogP contribution in [0.25, 0.3) is 0 Å². The summed E-state index contributed by atoms with van der Waals surface area (Å²) in [5.74, 6) is 6.79. The third-order valence-corrected chi connectivity index (χ3v) is 2.54. The second-order valence-electron chi connectivity index (χ2n) is 3.89.